The smallest absolute Gasteiger partial charge is 0.227 e. The Morgan fingerprint density at radius 1 is 1.37 bits per heavy atom. The lowest BCUT2D eigenvalue weighted by molar-refractivity contribution is -0.120. The molecule has 4 N–H and O–H groups in total. The molecular weight excluding hydrogens is 240 g/mol. The molecule has 0 radical (unpaired) electrons. The van der Waals surface area contributed by atoms with E-state index in [1.165, 1.54) is 0 Å². The highest BCUT2D eigenvalue weighted by Gasteiger charge is 2.32. The number of phenols is 1. The molecule has 2 rings (SSSR count). The molecule has 104 valence electrons. The number of aromatic hydroxyl groups is 1. The van der Waals surface area contributed by atoms with Gasteiger partial charge >= 0.3 is 0 Å². The van der Waals surface area contributed by atoms with E-state index in [9.17, 15) is 9.90 Å². The van der Waals surface area contributed by atoms with Gasteiger partial charge in [-0.05, 0) is 62.4 Å². The fourth-order valence-electron chi connectivity index (χ4n) is 2.83. The first-order chi connectivity index (χ1) is 9.02. The zero-order chi connectivity index (χ0) is 14.0. The van der Waals surface area contributed by atoms with Gasteiger partial charge in [0.1, 0.15) is 5.75 Å². The molecule has 1 aromatic carbocycles. The summed E-state index contributed by atoms with van der Waals surface area (Å²) in [6, 6.07) is 3.50. The predicted octanol–water partition coefficient (Wildman–Crippen LogP) is 2.32. The summed E-state index contributed by atoms with van der Waals surface area (Å²) in [5.74, 6) is 0.648. The zero-order valence-electron chi connectivity index (χ0n) is 11.6. The van der Waals surface area contributed by atoms with Gasteiger partial charge in [-0.3, -0.25) is 4.79 Å². The maximum absolute atomic E-state index is 12.3. The largest absolute Gasteiger partial charge is 0.508 e. The number of hydrogen-bond acceptors (Lipinski definition) is 3. The van der Waals surface area contributed by atoms with Crippen LogP contribution in [-0.2, 0) is 4.79 Å². The molecule has 0 aromatic heterocycles. The van der Waals surface area contributed by atoms with E-state index < -0.39 is 0 Å². The summed E-state index contributed by atoms with van der Waals surface area (Å²) in [7, 11) is 0. The molecular formula is C15H22N2O2. The zero-order valence-corrected chi connectivity index (χ0v) is 11.6. The second kappa shape index (κ2) is 5.61. The first-order valence-electron chi connectivity index (χ1n) is 6.84. The van der Waals surface area contributed by atoms with Crippen LogP contribution < -0.4 is 11.1 Å². The van der Waals surface area contributed by atoms with Crippen LogP contribution >= 0.6 is 0 Å². The number of benzene rings is 1. The molecule has 1 aliphatic rings. The Balaban J connectivity index is 2.13. The lowest BCUT2D eigenvalue weighted by atomic mass is 9.95. The number of phenolic OH excluding ortho intramolecular Hbond substituents is 1. The van der Waals surface area contributed by atoms with Gasteiger partial charge in [0.25, 0.3) is 0 Å². The summed E-state index contributed by atoms with van der Waals surface area (Å²) in [6.45, 7) is 4.28. The number of rotatable bonds is 3. The topological polar surface area (TPSA) is 75.4 Å². The van der Waals surface area contributed by atoms with Crippen molar-refractivity contribution in [2.24, 2.45) is 17.6 Å². The second-order valence-corrected chi connectivity index (χ2v) is 5.48. The van der Waals surface area contributed by atoms with Crippen LogP contribution in [0.5, 0.6) is 5.75 Å². The predicted molar refractivity (Wildman–Crippen MR) is 76.1 cm³/mol. The number of carbonyl (C=O) groups is 1. The molecule has 1 aromatic rings. The van der Waals surface area contributed by atoms with Crippen LogP contribution in [0.4, 0.5) is 5.69 Å². The van der Waals surface area contributed by atoms with E-state index >= 15 is 0 Å². The van der Waals surface area contributed by atoms with Crippen molar-refractivity contribution in [3.63, 3.8) is 0 Å². The third-order valence-electron chi connectivity index (χ3n) is 4.10. The van der Waals surface area contributed by atoms with Gasteiger partial charge in [0.15, 0.2) is 0 Å². The summed E-state index contributed by atoms with van der Waals surface area (Å²) in [4.78, 5) is 12.3. The van der Waals surface area contributed by atoms with Crippen molar-refractivity contribution in [2.45, 2.75) is 33.1 Å². The van der Waals surface area contributed by atoms with Crippen LogP contribution in [0.2, 0.25) is 0 Å². The normalized spacial score (nSPS) is 22.5. The maximum Gasteiger partial charge on any atom is 0.227 e. The summed E-state index contributed by atoms with van der Waals surface area (Å²) in [5, 5.41) is 12.6. The highest BCUT2D eigenvalue weighted by Crippen LogP contribution is 2.33. The first kappa shape index (κ1) is 13.9. The summed E-state index contributed by atoms with van der Waals surface area (Å²) in [6.07, 6.45) is 3.04. The molecule has 1 aliphatic carbocycles. The highest BCUT2D eigenvalue weighted by atomic mass is 16.3. The van der Waals surface area contributed by atoms with Gasteiger partial charge in [0.2, 0.25) is 5.91 Å². The molecule has 0 aliphatic heterocycles. The van der Waals surface area contributed by atoms with E-state index in [-0.39, 0.29) is 17.6 Å². The Kier molecular flexibility index (Phi) is 4.10. The number of aryl methyl sites for hydroxylation is 2. The molecule has 2 unspecified atom stereocenters. The minimum absolute atomic E-state index is 0.0264. The lowest BCUT2D eigenvalue weighted by Crippen LogP contribution is -2.30. The van der Waals surface area contributed by atoms with E-state index in [1.807, 2.05) is 19.9 Å². The van der Waals surface area contributed by atoms with Crippen LogP contribution in [0.15, 0.2) is 12.1 Å². The number of nitrogens with two attached hydrogens (primary N) is 1. The van der Waals surface area contributed by atoms with Crippen molar-refractivity contribution in [3.05, 3.63) is 23.3 Å². The Bertz CT molecular complexity index is 485. The first-order valence-corrected chi connectivity index (χ1v) is 6.84. The van der Waals surface area contributed by atoms with Gasteiger partial charge in [-0.1, -0.05) is 6.42 Å². The van der Waals surface area contributed by atoms with Crippen LogP contribution in [0.25, 0.3) is 0 Å². The number of amides is 1. The van der Waals surface area contributed by atoms with Crippen molar-refractivity contribution < 1.29 is 9.90 Å². The Hall–Kier alpha value is -1.55. The third-order valence-corrected chi connectivity index (χ3v) is 4.10. The van der Waals surface area contributed by atoms with Crippen LogP contribution in [0.1, 0.15) is 30.4 Å². The minimum atomic E-state index is 0.0264. The van der Waals surface area contributed by atoms with E-state index in [0.29, 0.717) is 12.5 Å². The monoisotopic (exact) mass is 262 g/mol. The Morgan fingerprint density at radius 3 is 2.79 bits per heavy atom. The van der Waals surface area contributed by atoms with Gasteiger partial charge in [0, 0.05) is 11.6 Å². The summed E-state index contributed by atoms with van der Waals surface area (Å²) >= 11 is 0. The Morgan fingerprint density at radius 2 is 2.11 bits per heavy atom. The molecule has 0 heterocycles. The molecule has 4 heteroatoms. The van der Waals surface area contributed by atoms with Crippen molar-refractivity contribution in [2.75, 3.05) is 11.9 Å². The minimum Gasteiger partial charge on any atom is -0.508 e. The number of hydrogen-bond donors (Lipinski definition) is 3. The molecule has 0 bridgehead atoms. The second-order valence-electron chi connectivity index (χ2n) is 5.48. The molecule has 1 fully saturated rings. The quantitative estimate of drug-likeness (QED) is 0.732. The summed E-state index contributed by atoms with van der Waals surface area (Å²) < 4.78 is 0. The van der Waals surface area contributed by atoms with Crippen molar-refractivity contribution in [1.29, 1.82) is 0 Å². The fraction of sp³-hybridized carbons (Fsp3) is 0.533. The van der Waals surface area contributed by atoms with Gasteiger partial charge in [-0.25, -0.2) is 0 Å². The molecule has 4 nitrogen and oxygen atoms in total. The highest BCUT2D eigenvalue weighted by molar-refractivity contribution is 5.93. The lowest BCUT2D eigenvalue weighted by Gasteiger charge is -2.18. The van der Waals surface area contributed by atoms with Gasteiger partial charge < -0.3 is 16.2 Å². The molecule has 19 heavy (non-hydrogen) atoms. The van der Waals surface area contributed by atoms with E-state index in [4.69, 9.17) is 5.73 Å². The molecule has 0 saturated heterocycles. The van der Waals surface area contributed by atoms with Crippen LogP contribution in [0, 0.1) is 25.7 Å². The van der Waals surface area contributed by atoms with Crippen molar-refractivity contribution >= 4 is 11.6 Å². The average Bonchev–Trinajstić information content (AvgIpc) is 2.84. The standard InChI is InChI=1S/C15H22N2O2/c1-9-7-14(18)10(2)6-13(9)17-15(19)12-5-3-4-11(12)8-16/h6-7,11-12,18H,3-5,8,16H2,1-2H3,(H,17,19). The summed E-state index contributed by atoms with van der Waals surface area (Å²) in [5.41, 5.74) is 8.14. The third kappa shape index (κ3) is 2.89. The average molecular weight is 262 g/mol. The van der Waals surface area contributed by atoms with E-state index in [2.05, 4.69) is 5.32 Å². The van der Waals surface area contributed by atoms with Gasteiger partial charge in [0.05, 0.1) is 0 Å². The molecule has 1 amide bonds. The number of nitrogens with one attached hydrogen (secondary N) is 1. The van der Waals surface area contributed by atoms with Gasteiger partial charge in [-0.15, -0.1) is 0 Å². The molecule has 1 saturated carbocycles. The fourth-order valence-corrected chi connectivity index (χ4v) is 2.83. The van der Waals surface area contributed by atoms with E-state index in [0.717, 1.165) is 36.1 Å². The van der Waals surface area contributed by atoms with Gasteiger partial charge in [-0.2, -0.15) is 0 Å². The van der Waals surface area contributed by atoms with Crippen molar-refractivity contribution in [3.8, 4) is 5.75 Å². The van der Waals surface area contributed by atoms with Crippen molar-refractivity contribution in [1.82, 2.24) is 0 Å². The number of carbonyl (C=O) groups excluding carboxylic acids is 1. The van der Waals surface area contributed by atoms with Crippen LogP contribution in [0.3, 0.4) is 0 Å². The SMILES string of the molecule is Cc1cc(NC(=O)C2CCCC2CN)c(C)cc1O. The molecule has 0 spiro atoms. The number of anilines is 1. The molecule has 2 atom stereocenters. The maximum atomic E-state index is 12.3. The van der Waals surface area contributed by atoms with E-state index in [1.54, 1.807) is 6.07 Å². The van der Waals surface area contributed by atoms with Crippen LogP contribution in [-0.4, -0.2) is 17.6 Å². The Labute approximate surface area is 114 Å².